The Morgan fingerprint density at radius 2 is 2.06 bits per heavy atom. The molecule has 0 aliphatic heterocycles. The molecular weight excluding hydrogens is 444 g/mol. The maximum absolute atomic E-state index is 11.9. The predicted octanol–water partition coefficient (Wildman–Crippen LogP) is 5.56. The van der Waals surface area contributed by atoms with Crippen LogP contribution in [0, 0.1) is 11.3 Å². The molecule has 1 saturated carbocycles. The number of carbonyl (C=O) groups is 1. The molecule has 4 aromatic rings. The zero-order chi connectivity index (χ0) is 24.4. The minimum absolute atomic E-state index is 0.199. The highest BCUT2D eigenvalue weighted by Crippen LogP contribution is 2.43. The smallest absolute Gasteiger partial charge is 0.411 e. The van der Waals surface area contributed by atoms with Crippen molar-refractivity contribution in [3.8, 4) is 23.1 Å². The molecule has 1 aliphatic rings. The lowest BCUT2D eigenvalue weighted by atomic mass is 9.92. The number of hydrogen-bond donors (Lipinski definition) is 2. The van der Waals surface area contributed by atoms with E-state index in [-0.39, 0.29) is 12.7 Å². The second kappa shape index (κ2) is 9.50. The summed E-state index contributed by atoms with van der Waals surface area (Å²) in [6.07, 6.45) is 4.04. The molecule has 1 amide bonds. The molecule has 9 heteroatoms. The third kappa shape index (κ3) is 4.55. The average Bonchev–Trinajstić information content (AvgIpc) is 3.43. The maximum atomic E-state index is 11.9. The van der Waals surface area contributed by atoms with Crippen LogP contribution in [0.4, 0.5) is 10.5 Å². The molecule has 0 unspecified atom stereocenters. The van der Waals surface area contributed by atoms with Gasteiger partial charge < -0.3 is 14.0 Å². The van der Waals surface area contributed by atoms with Crippen molar-refractivity contribution in [2.24, 2.45) is 0 Å². The summed E-state index contributed by atoms with van der Waals surface area (Å²) in [4.78, 5) is 16.0. The van der Waals surface area contributed by atoms with Crippen LogP contribution in [0.25, 0.3) is 22.2 Å². The SMILES string of the molecule is CC(C)OC(=O)Nc1ccc(-c2c(C#N)c3ccc(OCc4ncn[nH]4)cc3n2C2CCC2)cc1. The van der Waals surface area contributed by atoms with E-state index in [1.54, 1.807) is 13.8 Å². The number of nitrogens with one attached hydrogen (secondary N) is 2. The molecule has 0 radical (unpaired) electrons. The van der Waals surface area contributed by atoms with Gasteiger partial charge in [-0.25, -0.2) is 9.78 Å². The van der Waals surface area contributed by atoms with Crippen LogP contribution < -0.4 is 10.1 Å². The number of aromatic amines is 1. The van der Waals surface area contributed by atoms with Crippen molar-refractivity contribution in [3.63, 3.8) is 0 Å². The average molecular weight is 471 g/mol. The number of anilines is 1. The summed E-state index contributed by atoms with van der Waals surface area (Å²) >= 11 is 0. The second-order valence-electron chi connectivity index (χ2n) is 8.85. The van der Waals surface area contributed by atoms with E-state index < -0.39 is 6.09 Å². The third-order valence-corrected chi connectivity index (χ3v) is 6.12. The van der Waals surface area contributed by atoms with Crippen molar-refractivity contribution in [3.05, 3.63) is 60.2 Å². The van der Waals surface area contributed by atoms with Gasteiger partial charge in [-0.3, -0.25) is 10.4 Å². The number of ether oxygens (including phenoxy) is 2. The summed E-state index contributed by atoms with van der Waals surface area (Å²) in [5, 5.41) is 20.4. The Balaban J connectivity index is 1.51. The summed E-state index contributed by atoms with van der Waals surface area (Å²) in [6.45, 7) is 3.88. The lowest BCUT2D eigenvalue weighted by Gasteiger charge is -2.30. The zero-order valence-electron chi connectivity index (χ0n) is 19.6. The van der Waals surface area contributed by atoms with Gasteiger partial charge in [-0.1, -0.05) is 12.1 Å². The van der Waals surface area contributed by atoms with E-state index in [1.165, 1.54) is 6.33 Å². The summed E-state index contributed by atoms with van der Waals surface area (Å²) in [5.41, 5.74) is 4.03. The monoisotopic (exact) mass is 470 g/mol. The molecule has 0 saturated heterocycles. The second-order valence-corrected chi connectivity index (χ2v) is 8.85. The van der Waals surface area contributed by atoms with Crippen molar-refractivity contribution in [1.29, 1.82) is 5.26 Å². The van der Waals surface area contributed by atoms with Crippen molar-refractivity contribution >= 4 is 22.7 Å². The van der Waals surface area contributed by atoms with Crippen molar-refractivity contribution in [2.75, 3.05) is 5.32 Å². The Morgan fingerprint density at radius 1 is 1.26 bits per heavy atom. The quantitative estimate of drug-likeness (QED) is 0.365. The van der Waals surface area contributed by atoms with E-state index in [4.69, 9.17) is 9.47 Å². The number of amides is 1. The van der Waals surface area contributed by atoms with Crippen LogP contribution in [0.3, 0.4) is 0 Å². The first-order valence-electron chi connectivity index (χ1n) is 11.7. The van der Waals surface area contributed by atoms with E-state index in [0.717, 1.165) is 41.4 Å². The van der Waals surface area contributed by atoms with Crippen LogP contribution in [-0.4, -0.2) is 31.9 Å². The van der Waals surface area contributed by atoms with E-state index in [2.05, 4.69) is 31.1 Å². The van der Waals surface area contributed by atoms with Crippen LogP contribution in [0.15, 0.2) is 48.8 Å². The van der Waals surface area contributed by atoms with Crippen molar-refractivity contribution in [2.45, 2.75) is 51.9 Å². The molecule has 1 fully saturated rings. The number of H-pyrrole nitrogens is 1. The Bertz CT molecular complexity index is 1380. The summed E-state index contributed by atoms with van der Waals surface area (Å²) in [6, 6.07) is 16.1. The van der Waals surface area contributed by atoms with Crippen LogP contribution in [-0.2, 0) is 11.3 Å². The Morgan fingerprint density at radius 3 is 2.69 bits per heavy atom. The van der Waals surface area contributed by atoms with Gasteiger partial charge in [0.25, 0.3) is 0 Å². The number of nitriles is 1. The summed E-state index contributed by atoms with van der Waals surface area (Å²) < 4.78 is 13.4. The highest BCUT2D eigenvalue weighted by molar-refractivity contribution is 5.96. The Hall–Kier alpha value is -4.32. The van der Waals surface area contributed by atoms with Gasteiger partial charge in [-0.2, -0.15) is 10.4 Å². The molecule has 5 rings (SSSR count). The molecule has 1 aliphatic carbocycles. The molecule has 35 heavy (non-hydrogen) atoms. The fourth-order valence-corrected chi connectivity index (χ4v) is 4.33. The molecule has 0 spiro atoms. The number of fused-ring (bicyclic) bond motifs is 1. The highest BCUT2D eigenvalue weighted by atomic mass is 16.6. The fourth-order valence-electron chi connectivity index (χ4n) is 4.33. The molecule has 0 atom stereocenters. The molecule has 2 heterocycles. The van der Waals surface area contributed by atoms with Gasteiger partial charge in [0, 0.05) is 23.2 Å². The van der Waals surface area contributed by atoms with Crippen LogP contribution >= 0.6 is 0 Å². The van der Waals surface area contributed by atoms with E-state index in [9.17, 15) is 10.1 Å². The molecular formula is C26H26N6O3. The lowest BCUT2D eigenvalue weighted by Crippen LogP contribution is -2.18. The van der Waals surface area contributed by atoms with Crippen molar-refractivity contribution in [1.82, 2.24) is 19.7 Å². The van der Waals surface area contributed by atoms with Gasteiger partial charge in [0.05, 0.1) is 22.9 Å². The first kappa shape index (κ1) is 22.5. The normalized spacial score (nSPS) is 13.4. The van der Waals surface area contributed by atoms with Gasteiger partial charge in [0.15, 0.2) is 5.82 Å². The Labute approximate surface area is 202 Å². The summed E-state index contributed by atoms with van der Waals surface area (Å²) in [5.74, 6) is 1.34. The highest BCUT2D eigenvalue weighted by Gasteiger charge is 2.28. The molecule has 2 aromatic carbocycles. The lowest BCUT2D eigenvalue weighted by molar-refractivity contribution is 0.130. The van der Waals surface area contributed by atoms with Crippen LogP contribution in [0.2, 0.25) is 0 Å². The first-order valence-corrected chi connectivity index (χ1v) is 11.7. The summed E-state index contributed by atoms with van der Waals surface area (Å²) in [7, 11) is 0. The molecule has 2 N–H and O–H groups in total. The van der Waals surface area contributed by atoms with E-state index in [0.29, 0.717) is 28.9 Å². The number of hydrogen-bond acceptors (Lipinski definition) is 6. The maximum Gasteiger partial charge on any atom is 0.411 e. The zero-order valence-corrected chi connectivity index (χ0v) is 19.6. The van der Waals surface area contributed by atoms with Gasteiger partial charge in [0.1, 0.15) is 24.8 Å². The Kier molecular flexibility index (Phi) is 6.10. The number of nitrogens with zero attached hydrogens (tertiary/aromatic N) is 4. The van der Waals surface area contributed by atoms with E-state index >= 15 is 0 Å². The number of benzene rings is 2. The molecule has 178 valence electrons. The number of rotatable bonds is 7. The van der Waals surface area contributed by atoms with Crippen LogP contribution in [0.5, 0.6) is 5.75 Å². The van der Waals surface area contributed by atoms with E-state index in [1.807, 2.05) is 42.5 Å². The minimum Gasteiger partial charge on any atom is -0.486 e. The predicted molar refractivity (Wildman–Crippen MR) is 131 cm³/mol. The van der Waals surface area contributed by atoms with Gasteiger partial charge in [-0.05, 0) is 62.9 Å². The number of carbonyl (C=O) groups excluding carboxylic acids is 1. The third-order valence-electron chi connectivity index (χ3n) is 6.12. The largest absolute Gasteiger partial charge is 0.486 e. The fraction of sp³-hybridized carbons (Fsp3) is 0.308. The van der Waals surface area contributed by atoms with Gasteiger partial charge >= 0.3 is 6.09 Å². The van der Waals surface area contributed by atoms with Gasteiger partial charge in [0.2, 0.25) is 0 Å². The topological polar surface area (TPSA) is 118 Å². The minimum atomic E-state index is -0.494. The van der Waals surface area contributed by atoms with Gasteiger partial charge in [-0.15, -0.1) is 0 Å². The standard InChI is InChI=1S/C26H26N6O3/c1-16(2)35-26(33)30-18-8-6-17(7-9-18)25-22(13-27)21-11-10-20(34-14-24-28-15-29-31-24)12-23(21)32(25)19-4-3-5-19/h6-12,15-16,19H,3-5,14H2,1-2H3,(H,30,33)(H,28,29,31). The first-order chi connectivity index (χ1) is 17.0. The molecule has 9 nitrogen and oxygen atoms in total. The number of aromatic nitrogens is 4. The van der Waals surface area contributed by atoms with Crippen LogP contribution in [0.1, 0.15) is 50.5 Å². The molecule has 0 bridgehead atoms. The van der Waals surface area contributed by atoms with Crippen molar-refractivity contribution < 1.29 is 14.3 Å². The molecule has 2 aromatic heterocycles.